The van der Waals surface area contributed by atoms with Crippen LogP contribution in [-0.2, 0) is 0 Å². The van der Waals surface area contributed by atoms with Gasteiger partial charge in [-0.1, -0.05) is 124 Å². The SMILES string of the molecule is CCCCCCCCCCCCCC(CCCCCC)C(O)CCC. The van der Waals surface area contributed by atoms with E-state index in [1.54, 1.807) is 0 Å². The topological polar surface area (TPSA) is 20.2 Å². The van der Waals surface area contributed by atoms with Crippen LogP contribution in [0.5, 0.6) is 0 Å². The summed E-state index contributed by atoms with van der Waals surface area (Å²) < 4.78 is 0. The summed E-state index contributed by atoms with van der Waals surface area (Å²) in [5.74, 6) is 0.565. The summed E-state index contributed by atoms with van der Waals surface area (Å²) in [6, 6.07) is 0. The minimum absolute atomic E-state index is 0.0465. The normalized spacial score (nSPS) is 13.9. The molecular weight excluding hydrogens is 304 g/mol. The second kappa shape index (κ2) is 20.3. The fourth-order valence-corrected chi connectivity index (χ4v) is 3.96. The fraction of sp³-hybridized carbons (Fsp3) is 1.00. The maximum absolute atomic E-state index is 10.4. The Hall–Kier alpha value is -0.0400. The number of hydrogen-bond acceptors (Lipinski definition) is 1. The van der Waals surface area contributed by atoms with E-state index in [2.05, 4.69) is 20.8 Å². The van der Waals surface area contributed by atoms with E-state index in [1.165, 1.54) is 109 Å². The Morgan fingerprint density at radius 3 is 1.20 bits per heavy atom. The molecule has 1 nitrogen and oxygen atoms in total. The van der Waals surface area contributed by atoms with Crippen LogP contribution in [0, 0.1) is 5.92 Å². The van der Waals surface area contributed by atoms with Gasteiger partial charge in [0.1, 0.15) is 0 Å². The first-order valence-electron chi connectivity index (χ1n) is 11.9. The minimum Gasteiger partial charge on any atom is -0.393 e. The molecule has 0 aromatic carbocycles. The Morgan fingerprint density at radius 1 is 0.440 bits per heavy atom. The van der Waals surface area contributed by atoms with Crippen LogP contribution in [0.2, 0.25) is 0 Å². The van der Waals surface area contributed by atoms with Gasteiger partial charge in [0.05, 0.1) is 6.10 Å². The molecule has 0 aliphatic rings. The van der Waals surface area contributed by atoms with E-state index in [-0.39, 0.29) is 6.10 Å². The highest BCUT2D eigenvalue weighted by Crippen LogP contribution is 2.24. The molecule has 0 aliphatic carbocycles. The first-order chi connectivity index (χ1) is 12.3. The summed E-state index contributed by atoms with van der Waals surface area (Å²) in [5, 5.41) is 10.4. The average molecular weight is 355 g/mol. The van der Waals surface area contributed by atoms with Crippen molar-refractivity contribution >= 4 is 0 Å². The zero-order valence-electron chi connectivity index (χ0n) is 18.0. The van der Waals surface area contributed by atoms with Crippen molar-refractivity contribution in [3.05, 3.63) is 0 Å². The van der Waals surface area contributed by atoms with Crippen LogP contribution in [0.3, 0.4) is 0 Å². The Kier molecular flexibility index (Phi) is 20.2. The second-order valence-corrected chi connectivity index (χ2v) is 8.29. The fourth-order valence-electron chi connectivity index (χ4n) is 3.96. The second-order valence-electron chi connectivity index (χ2n) is 8.29. The Morgan fingerprint density at radius 2 is 0.800 bits per heavy atom. The molecule has 0 heterocycles. The number of aliphatic hydroxyl groups is 1. The molecule has 0 fully saturated rings. The van der Waals surface area contributed by atoms with Gasteiger partial charge < -0.3 is 5.11 Å². The van der Waals surface area contributed by atoms with E-state index in [9.17, 15) is 5.11 Å². The van der Waals surface area contributed by atoms with E-state index < -0.39 is 0 Å². The zero-order chi connectivity index (χ0) is 18.6. The van der Waals surface area contributed by atoms with E-state index in [0.29, 0.717) is 5.92 Å². The quantitative estimate of drug-likeness (QED) is 0.217. The summed E-state index contributed by atoms with van der Waals surface area (Å²) in [7, 11) is 0. The van der Waals surface area contributed by atoms with Crippen molar-refractivity contribution in [3.63, 3.8) is 0 Å². The molecule has 0 amide bonds. The third-order valence-electron chi connectivity index (χ3n) is 5.74. The number of aliphatic hydroxyl groups excluding tert-OH is 1. The van der Waals surface area contributed by atoms with Gasteiger partial charge in [-0.25, -0.2) is 0 Å². The van der Waals surface area contributed by atoms with Gasteiger partial charge in [0.25, 0.3) is 0 Å². The Balaban J connectivity index is 3.62. The summed E-state index contributed by atoms with van der Waals surface area (Å²) in [5.41, 5.74) is 0. The molecule has 0 rings (SSSR count). The highest BCUT2D eigenvalue weighted by Gasteiger charge is 2.17. The number of unbranched alkanes of at least 4 members (excludes halogenated alkanes) is 13. The van der Waals surface area contributed by atoms with Gasteiger partial charge in [0, 0.05) is 0 Å². The highest BCUT2D eigenvalue weighted by atomic mass is 16.3. The van der Waals surface area contributed by atoms with Gasteiger partial charge in [-0.2, -0.15) is 0 Å². The van der Waals surface area contributed by atoms with Gasteiger partial charge in [0.2, 0.25) is 0 Å². The van der Waals surface area contributed by atoms with E-state index in [0.717, 1.165) is 12.8 Å². The van der Waals surface area contributed by atoms with Crippen molar-refractivity contribution in [2.45, 2.75) is 149 Å². The molecule has 0 aromatic heterocycles. The number of rotatable bonds is 20. The van der Waals surface area contributed by atoms with E-state index in [4.69, 9.17) is 0 Å². The van der Waals surface area contributed by atoms with Gasteiger partial charge in [-0.05, 0) is 25.2 Å². The van der Waals surface area contributed by atoms with Crippen LogP contribution in [0.1, 0.15) is 143 Å². The van der Waals surface area contributed by atoms with Gasteiger partial charge >= 0.3 is 0 Å². The van der Waals surface area contributed by atoms with Gasteiger partial charge in [0.15, 0.2) is 0 Å². The summed E-state index contributed by atoms with van der Waals surface area (Å²) in [4.78, 5) is 0. The zero-order valence-corrected chi connectivity index (χ0v) is 18.0. The molecule has 0 saturated heterocycles. The summed E-state index contributed by atoms with van der Waals surface area (Å²) >= 11 is 0. The minimum atomic E-state index is -0.0465. The standard InChI is InChI=1S/C24H50O/c1-4-7-9-11-12-13-14-15-16-17-19-22-23(24(25)20-6-3)21-18-10-8-5-2/h23-25H,4-22H2,1-3H3. The third kappa shape index (κ3) is 17.1. The molecule has 1 heteroatoms. The molecule has 152 valence electrons. The summed E-state index contributed by atoms with van der Waals surface area (Å²) in [6.45, 7) is 6.76. The Bertz CT molecular complexity index is 238. The first-order valence-corrected chi connectivity index (χ1v) is 11.9. The third-order valence-corrected chi connectivity index (χ3v) is 5.74. The predicted molar refractivity (Wildman–Crippen MR) is 114 cm³/mol. The van der Waals surface area contributed by atoms with Crippen molar-refractivity contribution in [1.82, 2.24) is 0 Å². The van der Waals surface area contributed by atoms with Gasteiger partial charge in [-0.15, -0.1) is 0 Å². The smallest absolute Gasteiger partial charge is 0.0568 e. The van der Waals surface area contributed by atoms with Crippen LogP contribution >= 0.6 is 0 Å². The lowest BCUT2D eigenvalue weighted by atomic mass is 9.88. The lowest BCUT2D eigenvalue weighted by Gasteiger charge is -2.22. The van der Waals surface area contributed by atoms with Crippen molar-refractivity contribution in [2.24, 2.45) is 5.92 Å². The lowest BCUT2D eigenvalue weighted by molar-refractivity contribution is 0.0849. The summed E-state index contributed by atoms with van der Waals surface area (Å²) in [6.07, 6.45) is 25.4. The molecule has 2 atom stereocenters. The molecular formula is C24H50O. The molecule has 0 aliphatic heterocycles. The van der Waals surface area contributed by atoms with Gasteiger partial charge in [-0.3, -0.25) is 0 Å². The predicted octanol–water partition coefficient (Wildman–Crippen LogP) is 8.44. The van der Waals surface area contributed by atoms with Crippen molar-refractivity contribution in [2.75, 3.05) is 0 Å². The molecule has 0 radical (unpaired) electrons. The van der Waals surface area contributed by atoms with Crippen LogP contribution in [0.4, 0.5) is 0 Å². The monoisotopic (exact) mass is 354 g/mol. The first kappa shape index (κ1) is 25.0. The van der Waals surface area contributed by atoms with Crippen molar-refractivity contribution in [1.29, 1.82) is 0 Å². The van der Waals surface area contributed by atoms with Crippen LogP contribution in [0.15, 0.2) is 0 Å². The molecule has 25 heavy (non-hydrogen) atoms. The molecule has 0 aromatic rings. The molecule has 0 saturated carbocycles. The lowest BCUT2D eigenvalue weighted by Crippen LogP contribution is -2.20. The van der Waals surface area contributed by atoms with E-state index >= 15 is 0 Å². The molecule has 0 bridgehead atoms. The molecule has 2 unspecified atom stereocenters. The largest absolute Gasteiger partial charge is 0.393 e. The Labute approximate surface area is 160 Å². The van der Waals surface area contributed by atoms with Crippen LogP contribution in [0.25, 0.3) is 0 Å². The van der Waals surface area contributed by atoms with Crippen molar-refractivity contribution < 1.29 is 5.11 Å². The maximum atomic E-state index is 10.4. The highest BCUT2D eigenvalue weighted by molar-refractivity contribution is 4.69. The van der Waals surface area contributed by atoms with E-state index in [1.807, 2.05) is 0 Å². The van der Waals surface area contributed by atoms with Crippen LogP contribution in [-0.4, -0.2) is 11.2 Å². The molecule has 1 N–H and O–H groups in total. The molecule has 0 spiro atoms. The van der Waals surface area contributed by atoms with Crippen LogP contribution < -0.4 is 0 Å². The maximum Gasteiger partial charge on any atom is 0.0568 e. The van der Waals surface area contributed by atoms with Crippen molar-refractivity contribution in [3.8, 4) is 0 Å². The average Bonchev–Trinajstić information content (AvgIpc) is 2.61. The number of hydrogen-bond donors (Lipinski definition) is 1.